The van der Waals surface area contributed by atoms with Crippen molar-refractivity contribution in [3.63, 3.8) is 0 Å². The molecule has 0 fully saturated rings. The summed E-state index contributed by atoms with van der Waals surface area (Å²) >= 11 is 0. The predicted molar refractivity (Wildman–Crippen MR) is 88.3 cm³/mol. The van der Waals surface area contributed by atoms with Crippen LogP contribution in [0.2, 0.25) is 0 Å². The van der Waals surface area contributed by atoms with Crippen LogP contribution in [0, 0.1) is 11.3 Å². The van der Waals surface area contributed by atoms with Gasteiger partial charge in [0.1, 0.15) is 0 Å². The number of nitrogens with one attached hydrogen (secondary N) is 1. The molecular weight excluding hydrogens is 256 g/mol. The maximum Gasteiger partial charge on any atom is 0.0991 e. The first-order valence-electron chi connectivity index (χ1n) is 7.37. The Balaban J connectivity index is 2.61. The number of nitriles is 1. The number of aromatic amines is 1. The molecule has 21 heavy (non-hydrogen) atoms. The molecule has 1 aromatic heterocycles. The Morgan fingerprint density at radius 3 is 1.90 bits per heavy atom. The number of rotatable bonds is 1. The smallest absolute Gasteiger partial charge is 0.0991 e. The van der Waals surface area contributed by atoms with Crippen molar-refractivity contribution in [2.75, 3.05) is 0 Å². The molecule has 110 valence electrons. The van der Waals surface area contributed by atoms with Gasteiger partial charge in [0.05, 0.1) is 11.6 Å². The lowest BCUT2D eigenvalue weighted by atomic mass is 9.87. The van der Waals surface area contributed by atoms with Gasteiger partial charge in [-0.1, -0.05) is 53.7 Å². The van der Waals surface area contributed by atoms with Crippen LogP contribution in [0.1, 0.15) is 58.5 Å². The van der Waals surface area contributed by atoms with Gasteiger partial charge in [-0.15, -0.1) is 0 Å². The molecular formula is C19H24N2. The van der Waals surface area contributed by atoms with Crippen molar-refractivity contribution < 1.29 is 0 Å². The SMILES string of the molecule is CC(C)(C)c1cc(-c2ccc(C#N)cc2)c(C(C)(C)C)[nH]1. The van der Waals surface area contributed by atoms with E-state index in [0.717, 1.165) is 5.56 Å². The van der Waals surface area contributed by atoms with Gasteiger partial charge in [-0.3, -0.25) is 0 Å². The van der Waals surface area contributed by atoms with Crippen LogP contribution in [-0.4, -0.2) is 4.98 Å². The third kappa shape index (κ3) is 3.19. The minimum Gasteiger partial charge on any atom is -0.361 e. The zero-order valence-electron chi connectivity index (χ0n) is 13.8. The lowest BCUT2D eigenvalue weighted by molar-refractivity contribution is 0.544. The minimum absolute atomic E-state index is 0.0483. The Labute approximate surface area is 127 Å². The Kier molecular flexibility index (Phi) is 3.72. The first-order valence-corrected chi connectivity index (χ1v) is 7.37. The zero-order valence-corrected chi connectivity index (χ0v) is 13.8. The van der Waals surface area contributed by atoms with Gasteiger partial charge in [-0.05, 0) is 23.8 Å². The zero-order chi connectivity index (χ0) is 15.8. The molecule has 0 unspecified atom stereocenters. The summed E-state index contributed by atoms with van der Waals surface area (Å²) in [7, 11) is 0. The van der Waals surface area contributed by atoms with E-state index in [1.807, 2.05) is 24.3 Å². The van der Waals surface area contributed by atoms with E-state index in [2.05, 4.69) is 58.7 Å². The van der Waals surface area contributed by atoms with Crippen molar-refractivity contribution in [3.05, 3.63) is 47.3 Å². The lowest BCUT2D eigenvalue weighted by Gasteiger charge is -2.21. The number of hydrogen-bond acceptors (Lipinski definition) is 1. The average molecular weight is 280 g/mol. The maximum absolute atomic E-state index is 8.94. The van der Waals surface area contributed by atoms with Crippen LogP contribution in [0.25, 0.3) is 11.1 Å². The molecule has 1 aromatic carbocycles. The molecule has 0 spiro atoms. The van der Waals surface area contributed by atoms with Gasteiger partial charge in [0.2, 0.25) is 0 Å². The van der Waals surface area contributed by atoms with Crippen molar-refractivity contribution in [1.82, 2.24) is 4.98 Å². The predicted octanol–water partition coefficient (Wildman–Crippen LogP) is 5.15. The van der Waals surface area contributed by atoms with E-state index < -0.39 is 0 Å². The van der Waals surface area contributed by atoms with E-state index >= 15 is 0 Å². The number of hydrogen-bond donors (Lipinski definition) is 1. The summed E-state index contributed by atoms with van der Waals surface area (Å²) in [6.07, 6.45) is 0. The number of H-pyrrole nitrogens is 1. The molecule has 2 heteroatoms. The van der Waals surface area contributed by atoms with E-state index in [0.29, 0.717) is 5.56 Å². The van der Waals surface area contributed by atoms with Gasteiger partial charge in [0.25, 0.3) is 0 Å². The lowest BCUT2D eigenvalue weighted by Crippen LogP contribution is -2.15. The molecule has 2 aromatic rings. The molecule has 0 saturated heterocycles. The molecule has 0 bridgehead atoms. The van der Waals surface area contributed by atoms with Gasteiger partial charge in [0.15, 0.2) is 0 Å². The standard InChI is InChI=1S/C19H24N2/c1-18(2,3)16-11-15(17(21-16)19(4,5)6)14-9-7-13(12-20)8-10-14/h7-11,21H,1-6H3. The second kappa shape index (κ2) is 5.07. The highest BCUT2D eigenvalue weighted by molar-refractivity contribution is 5.69. The minimum atomic E-state index is 0.0483. The summed E-state index contributed by atoms with van der Waals surface area (Å²) in [6.45, 7) is 13.3. The van der Waals surface area contributed by atoms with Crippen LogP contribution in [0.15, 0.2) is 30.3 Å². The van der Waals surface area contributed by atoms with Crippen LogP contribution in [0.5, 0.6) is 0 Å². The van der Waals surface area contributed by atoms with Crippen LogP contribution in [-0.2, 0) is 10.8 Å². The number of nitrogens with zero attached hydrogens (tertiary/aromatic N) is 1. The fraction of sp³-hybridized carbons (Fsp3) is 0.421. The van der Waals surface area contributed by atoms with E-state index in [1.165, 1.54) is 17.0 Å². The van der Waals surface area contributed by atoms with E-state index in [1.54, 1.807) is 0 Å². The Morgan fingerprint density at radius 2 is 1.48 bits per heavy atom. The Bertz CT molecular complexity index is 668. The molecule has 2 nitrogen and oxygen atoms in total. The Morgan fingerprint density at radius 1 is 0.905 bits per heavy atom. The topological polar surface area (TPSA) is 39.6 Å². The molecule has 1 heterocycles. The van der Waals surface area contributed by atoms with Gasteiger partial charge >= 0.3 is 0 Å². The molecule has 0 amide bonds. The van der Waals surface area contributed by atoms with Gasteiger partial charge in [0, 0.05) is 27.8 Å². The molecule has 0 atom stereocenters. The van der Waals surface area contributed by atoms with Crippen LogP contribution in [0.3, 0.4) is 0 Å². The normalized spacial score (nSPS) is 12.2. The van der Waals surface area contributed by atoms with Gasteiger partial charge < -0.3 is 4.98 Å². The first kappa shape index (κ1) is 15.4. The second-order valence-corrected chi connectivity index (χ2v) is 7.66. The van der Waals surface area contributed by atoms with Crippen LogP contribution in [0.4, 0.5) is 0 Å². The van der Waals surface area contributed by atoms with E-state index in [-0.39, 0.29) is 10.8 Å². The molecule has 0 aliphatic heterocycles. The average Bonchev–Trinajstić information content (AvgIpc) is 2.83. The summed E-state index contributed by atoms with van der Waals surface area (Å²) in [4.78, 5) is 3.62. The van der Waals surface area contributed by atoms with E-state index in [9.17, 15) is 0 Å². The fourth-order valence-electron chi connectivity index (χ4n) is 2.40. The maximum atomic E-state index is 8.94. The van der Waals surface area contributed by atoms with E-state index in [4.69, 9.17) is 5.26 Å². The Hall–Kier alpha value is -2.01. The van der Waals surface area contributed by atoms with Gasteiger partial charge in [-0.25, -0.2) is 0 Å². The number of aromatic nitrogens is 1. The second-order valence-electron chi connectivity index (χ2n) is 7.66. The first-order chi connectivity index (χ1) is 9.63. The van der Waals surface area contributed by atoms with Crippen LogP contribution >= 0.6 is 0 Å². The summed E-state index contributed by atoms with van der Waals surface area (Å²) in [6, 6.07) is 12.2. The van der Waals surface area contributed by atoms with Crippen molar-refractivity contribution in [3.8, 4) is 17.2 Å². The van der Waals surface area contributed by atoms with Gasteiger partial charge in [-0.2, -0.15) is 5.26 Å². The van der Waals surface area contributed by atoms with Crippen molar-refractivity contribution in [1.29, 1.82) is 5.26 Å². The highest BCUT2D eigenvalue weighted by Crippen LogP contribution is 2.36. The van der Waals surface area contributed by atoms with Crippen molar-refractivity contribution in [2.45, 2.75) is 52.4 Å². The molecule has 2 rings (SSSR count). The summed E-state index contributed by atoms with van der Waals surface area (Å²) in [5, 5.41) is 8.94. The molecule has 1 N–H and O–H groups in total. The molecule has 0 radical (unpaired) electrons. The molecule has 0 aliphatic carbocycles. The largest absolute Gasteiger partial charge is 0.361 e. The summed E-state index contributed by atoms with van der Waals surface area (Å²) < 4.78 is 0. The third-order valence-electron chi connectivity index (χ3n) is 3.70. The molecule has 0 aliphatic rings. The fourth-order valence-corrected chi connectivity index (χ4v) is 2.40. The van der Waals surface area contributed by atoms with Crippen molar-refractivity contribution in [2.24, 2.45) is 0 Å². The summed E-state index contributed by atoms with van der Waals surface area (Å²) in [5.41, 5.74) is 5.71. The third-order valence-corrected chi connectivity index (χ3v) is 3.70. The van der Waals surface area contributed by atoms with Crippen LogP contribution < -0.4 is 0 Å². The highest BCUT2D eigenvalue weighted by atomic mass is 14.8. The van der Waals surface area contributed by atoms with Crippen molar-refractivity contribution >= 4 is 0 Å². The molecule has 0 saturated carbocycles. The quantitative estimate of drug-likeness (QED) is 0.771. The number of benzene rings is 1. The summed E-state index contributed by atoms with van der Waals surface area (Å²) in [5.74, 6) is 0. The highest BCUT2D eigenvalue weighted by Gasteiger charge is 2.25. The monoisotopic (exact) mass is 280 g/mol.